The average Bonchev–Trinajstić information content (AvgIpc) is 2.96. The molecular weight excluding hydrogens is 405 g/mol. The van der Waals surface area contributed by atoms with Gasteiger partial charge >= 0.3 is 0 Å². The highest BCUT2D eigenvalue weighted by Crippen LogP contribution is 2.26. The lowest BCUT2D eigenvalue weighted by molar-refractivity contribution is -0.112. The molecule has 146 valence electrons. The van der Waals surface area contributed by atoms with Crippen molar-refractivity contribution >= 4 is 40.9 Å². The van der Waals surface area contributed by atoms with Gasteiger partial charge in [0.1, 0.15) is 11.6 Å². The van der Waals surface area contributed by atoms with Crippen molar-refractivity contribution in [2.45, 2.75) is 20.8 Å². The predicted molar refractivity (Wildman–Crippen MR) is 119 cm³/mol. The summed E-state index contributed by atoms with van der Waals surface area (Å²) in [6.45, 7) is 6.00. The van der Waals surface area contributed by atoms with Crippen LogP contribution in [0.3, 0.4) is 0 Å². The normalized spacial score (nSPS) is 11.2. The number of hydrogen-bond acceptors (Lipinski definition) is 2. The Morgan fingerprint density at radius 2 is 1.72 bits per heavy atom. The van der Waals surface area contributed by atoms with E-state index in [0.29, 0.717) is 15.7 Å². The van der Waals surface area contributed by atoms with Crippen LogP contribution in [0.5, 0.6) is 0 Å². The van der Waals surface area contributed by atoms with E-state index in [0.717, 1.165) is 22.6 Å². The molecule has 1 N–H and O–H groups in total. The van der Waals surface area contributed by atoms with Crippen molar-refractivity contribution < 1.29 is 4.79 Å². The highest BCUT2D eigenvalue weighted by atomic mass is 35.5. The van der Waals surface area contributed by atoms with Crippen LogP contribution in [0.25, 0.3) is 11.8 Å². The third-order valence-corrected chi connectivity index (χ3v) is 5.34. The molecule has 0 unspecified atom stereocenters. The van der Waals surface area contributed by atoms with Gasteiger partial charge < -0.3 is 9.88 Å². The Bertz CT molecular complexity index is 1150. The summed E-state index contributed by atoms with van der Waals surface area (Å²) in [6.07, 6.45) is 1.60. The van der Waals surface area contributed by atoms with E-state index in [4.69, 9.17) is 23.2 Å². The number of carbonyl (C=O) groups excluding carboxylic acids is 1. The zero-order chi connectivity index (χ0) is 21.1. The first kappa shape index (κ1) is 20.7. The number of aryl methyl sites for hydroxylation is 2. The van der Waals surface area contributed by atoms with Crippen LogP contribution in [0.1, 0.15) is 22.5 Å². The summed E-state index contributed by atoms with van der Waals surface area (Å²) in [6, 6.07) is 16.9. The Morgan fingerprint density at radius 1 is 1.03 bits per heavy atom. The van der Waals surface area contributed by atoms with Crippen LogP contribution in [0.4, 0.5) is 5.69 Å². The van der Waals surface area contributed by atoms with Gasteiger partial charge in [0.15, 0.2) is 0 Å². The highest BCUT2D eigenvalue weighted by molar-refractivity contribution is 6.42. The summed E-state index contributed by atoms with van der Waals surface area (Å²) >= 11 is 11.9. The van der Waals surface area contributed by atoms with Crippen LogP contribution in [-0.2, 0) is 4.79 Å². The molecule has 0 aliphatic rings. The van der Waals surface area contributed by atoms with E-state index in [1.54, 1.807) is 24.3 Å². The molecule has 3 rings (SSSR count). The number of hydrogen-bond donors (Lipinski definition) is 1. The zero-order valence-corrected chi connectivity index (χ0v) is 17.8. The SMILES string of the molecule is Cc1ccc(-n2c(C)cc(/C=C(/C#N)C(=O)Nc3ccc(Cl)c(Cl)c3)c2C)cc1. The van der Waals surface area contributed by atoms with Gasteiger partial charge in [-0.3, -0.25) is 4.79 Å². The van der Waals surface area contributed by atoms with Crippen LogP contribution < -0.4 is 5.32 Å². The van der Waals surface area contributed by atoms with Crippen LogP contribution in [0.15, 0.2) is 54.1 Å². The first-order chi connectivity index (χ1) is 13.8. The Balaban J connectivity index is 1.92. The molecule has 0 saturated heterocycles. The minimum absolute atomic E-state index is 0.000212. The summed E-state index contributed by atoms with van der Waals surface area (Å²) in [4.78, 5) is 12.6. The second kappa shape index (κ2) is 8.57. The second-order valence-electron chi connectivity index (χ2n) is 6.75. The van der Waals surface area contributed by atoms with Gasteiger partial charge in [0.25, 0.3) is 5.91 Å². The molecule has 0 aliphatic heterocycles. The number of benzene rings is 2. The van der Waals surface area contributed by atoms with Crippen molar-refractivity contribution in [2.24, 2.45) is 0 Å². The van der Waals surface area contributed by atoms with E-state index in [2.05, 4.69) is 22.0 Å². The van der Waals surface area contributed by atoms with Gasteiger partial charge in [0.05, 0.1) is 10.0 Å². The van der Waals surface area contributed by atoms with Crippen molar-refractivity contribution in [1.82, 2.24) is 4.57 Å². The van der Waals surface area contributed by atoms with Crippen molar-refractivity contribution in [1.29, 1.82) is 5.26 Å². The van der Waals surface area contributed by atoms with Crippen LogP contribution >= 0.6 is 23.2 Å². The molecule has 0 fully saturated rings. The number of aromatic nitrogens is 1. The molecule has 0 atom stereocenters. The highest BCUT2D eigenvalue weighted by Gasteiger charge is 2.14. The van der Waals surface area contributed by atoms with Gasteiger partial charge in [-0.1, -0.05) is 40.9 Å². The lowest BCUT2D eigenvalue weighted by Gasteiger charge is -2.10. The fourth-order valence-electron chi connectivity index (χ4n) is 3.10. The maximum Gasteiger partial charge on any atom is 0.266 e. The summed E-state index contributed by atoms with van der Waals surface area (Å²) < 4.78 is 2.09. The Kier molecular flexibility index (Phi) is 6.12. The molecule has 0 aliphatic carbocycles. The monoisotopic (exact) mass is 423 g/mol. The molecule has 1 aromatic heterocycles. The van der Waals surface area contributed by atoms with Crippen LogP contribution in [0, 0.1) is 32.1 Å². The minimum atomic E-state index is -0.508. The quantitative estimate of drug-likeness (QED) is 0.397. The first-order valence-electron chi connectivity index (χ1n) is 8.94. The fraction of sp³-hybridized carbons (Fsp3) is 0.130. The third-order valence-electron chi connectivity index (χ3n) is 4.60. The Labute approximate surface area is 180 Å². The number of anilines is 1. The number of carbonyl (C=O) groups is 1. The van der Waals surface area contributed by atoms with Gasteiger partial charge in [0, 0.05) is 22.8 Å². The van der Waals surface area contributed by atoms with E-state index < -0.39 is 5.91 Å². The molecule has 0 saturated carbocycles. The topological polar surface area (TPSA) is 57.8 Å². The predicted octanol–water partition coefficient (Wildman–Crippen LogP) is 6.26. The van der Waals surface area contributed by atoms with Crippen molar-refractivity contribution in [3.63, 3.8) is 0 Å². The molecular formula is C23H19Cl2N3O. The number of nitrogens with one attached hydrogen (secondary N) is 1. The van der Waals surface area contributed by atoms with Crippen LogP contribution in [-0.4, -0.2) is 10.5 Å². The van der Waals surface area contributed by atoms with Crippen molar-refractivity contribution in [2.75, 3.05) is 5.32 Å². The molecule has 3 aromatic rings. The number of nitriles is 1. The smallest absolute Gasteiger partial charge is 0.266 e. The van der Waals surface area contributed by atoms with Gasteiger partial charge in [0.2, 0.25) is 0 Å². The van der Waals surface area contributed by atoms with E-state index >= 15 is 0 Å². The van der Waals surface area contributed by atoms with Gasteiger partial charge in [-0.25, -0.2) is 0 Å². The minimum Gasteiger partial charge on any atom is -0.321 e. The van der Waals surface area contributed by atoms with Gasteiger partial charge in [-0.05, 0) is 68.8 Å². The molecule has 0 spiro atoms. The molecule has 4 nitrogen and oxygen atoms in total. The number of halogens is 2. The second-order valence-corrected chi connectivity index (χ2v) is 7.56. The standard InChI is InChI=1S/C23H19Cl2N3O/c1-14-4-7-20(8-5-14)28-15(2)10-17(16(28)3)11-18(13-26)23(29)27-19-6-9-21(24)22(25)12-19/h4-12H,1-3H3,(H,27,29)/b18-11-. The van der Waals surface area contributed by atoms with Gasteiger partial charge in [-0.2, -0.15) is 5.26 Å². The molecule has 6 heteroatoms. The van der Waals surface area contributed by atoms with Crippen LogP contribution in [0.2, 0.25) is 10.0 Å². The maximum absolute atomic E-state index is 12.6. The summed E-state index contributed by atoms with van der Waals surface area (Å²) in [5.41, 5.74) is 5.45. The maximum atomic E-state index is 12.6. The Morgan fingerprint density at radius 3 is 2.34 bits per heavy atom. The van der Waals surface area contributed by atoms with Crippen molar-refractivity contribution in [3.05, 3.63) is 86.7 Å². The van der Waals surface area contributed by atoms with Crippen molar-refractivity contribution in [3.8, 4) is 11.8 Å². The molecule has 1 heterocycles. The van der Waals surface area contributed by atoms with E-state index in [9.17, 15) is 10.1 Å². The summed E-state index contributed by atoms with van der Waals surface area (Å²) in [5.74, 6) is -0.508. The summed E-state index contributed by atoms with van der Waals surface area (Å²) in [5, 5.41) is 12.9. The van der Waals surface area contributed by atoms with E-state index in [1.807, 2.05) is 45.0 Å². The fourth-order valence-corrected chi connectivity index (χ4v) is 3.40. The molecule has 29 heavy (non-hydrogen) atoms. The zero-order valence-electron chi connectivity index (χ0n) is 16.3. The number of rotatable bonds is 4. The molecule has 1 amide bonds. The third kappa shape index (κ3) is 4.54. The average molecular weight is 424 g/mol. The first-order valence-corrected chi connectivity index (χ1v) is 9.70. The lowest BCUT2D eigenvalue weighted by atomic mass is 10.1. The van der Waals surface area contributed by atoms with E-state index in [1.165, 1.54) is 5.56 Å². The van der Waals surface area contributed by atoms with E-state index in [-0.39, 0.29) is 5.57 Å². The molecule has 0 bridgehead atoms. The number of nitrogens with zero attached hydrogens (tertiary/aromatic N) is 2. The molecule has 0 radical (unpaired) electrons. The summed E-state index contributed by atoms with van der Waals surface area (Å²) in [7, 11) is 0. The Hall–Kier alpha value is -3.00. The lowest BCUT2D eigenvalue weighted by Crippen LogP contribution is -2.13. The molecule has 2 aromatic carbocycles. The largest absolute Gasteiger partial charge is 0.321 e. The van der Waals surface area contributed by atoms with Gasteiger partial charge in [-0.15, -0.1) is 0 Å². The number of amides is 1.